The van der Waals surface area contributed by atoms with Crippen LogP contribution < -0.4 is 5.32 Å². The first kappa shape index (κ1) is 13.2. The van der Waals surface area contributed by atoms with E-state index in [4.69, 9.17) is 5.11 Å². The molecule has 0 spiro atoms. The van der Waals surface area contributed by atoms with E-state index < -0.39 is 18.1 Å². The van der Waals surface area contributed by atoms with Gasteiger partial charge >= 0.3 is 18.1 Å². The number of halogens is 3. The highest BCUT2D eigenvalue weighted by Gasteiger charge is 2.39. The highest BCUT2D eigenvalue weighted by molar-refractivity contribution is 7.22. The number of pyridine rings is 1. The van der Waals surface area contributed by atoms with Gasteiger partial charge in [-0.05, 0) is 6.07 Å². The third kappa shape index (κ3) is 2.78. The fourth-order valence-corrected chi connectivity index (χ4v) is 2.02. The second-order valence-electron chi connectivity index (χ2n) is 3.32. The molecule has 19 heavy (non-hydrogen) atoms. The Bertz CT molecular complexity index is 668. The van der Waals surface area contributed by atoms with Gasteiger partial charge < -0.3 is 5.11 Å². The molecule has 0 aliphatic rings. The molecule has 0 bridgehead atoms. The first-order valence-corrected chi connectivity index (χ1v) is 5.47. The standard InChI is InChI=1S/C9H4F3N3O3S/c10-9(11,12)7(18)15-8-14-5-4(19-8)1-3(2-13-5)6(16)17/h1-2H,(H,16,17)(H,13,14,15,18). The number of nitrogens with one attached hydrogen (secondary N) is 1. The maximum atomic E-state index is 12.0. The predicted octanol–water partition coefficient (Wildman–Crippen LogP) is 1.89. The lowest BCUT2D eigenvalue weighted by molar-refractivity contribution is -0.167. The fraction of sp³-hybridized carbons (Fsp3) is 0.111. The zero-order valence-electron chi connectivity index (χ0n) is 8.85. The van der Waals surface area contributed by atoms with Gasteiger partial charge in [0.2, 0.25) is 0 Å². The molecular formula is C9H4F3N3O3S. The quantitative estimate of drug-likeness (QED) is 0.881. The Balaban J connectivity index is 2.32. The number of rotatable bonds is 2. The van der Waals surface area contributed by atoms with Crippen molar-refractivity contribution in [2.75, 3.05) is 5.32 Å². The molecule has 100 valence electrons. The van der Waals surface area contributed by atoms with Gasteiger partial charge in [-0.1, -0.05) is 11.3 Å². The maximum Gasteiger partial charge on any atom is 0.471 e. The molecule has 0 saturated carbocycles. The van der Waals surface area contributed by atoms with Crippen molar-refractivity contribution in [2.45, 2.75) is 6.18 Å². The summed E-state index contributed by atoms with van der Waals surface area (Å²) in [5.74, 6) is -3.37. The Labute approximate surface area is 106 Å². The molecule has 0 atom stereocenters. The number of anilines is 1. The topological polar surface area (TPSA) is 92.2 Å². The number of carboxylic acids is 1. The average molecular weight is 291 g/mol. The van der Waals surface area contributed by atoms with Crippen LogP contribution in [-0.4, -0.2) is 33.1 Å². The number of carbonyl (C=O) groups excluding carboxylic acids is 1. The number of carboxylic acid groups (broad SMARTS) is 1. The molecule has 0 fully saturated rings. The summed E-state index contributed by atoms with van der Waals surface area (Å²) in [6, 6.07) is 1.21. The van der Waals surface area contributed by atoms with Crippen molar-refractivity contribution in [1.82, 2.24) is 9.97 Å². The summed E-state index contributed by atoms with van der Waals surface area (Å²) in [7, 11) is 0. The summed E-state index contributed by atoms with van der Waals surface area (Å²) in [5, 5.41) is 10.0. The highest BCUT2D eigenvalue weighted by atomic mass is 32.1. The van der Waals surface area contributed by atoms with Crippen LogP contribution in [0.2, 0.25) is 0 Å². The number of carbonyl (C=O) groups is 2. The monoisotopic (exact) mass is 291 g/mol. The number of thiazole rings is 1. The van der Waals surface area contributed by atoms with Gasteiger partial charge in [0.25, 0.3) is 0 Å². The van der Waals surface area contributed by atoms with Crippen molar-refractivity contribution in [3.63, 3.8) is 0 Å². The number of fused-ring (bicyclic) bond motifs is 1. The predicted molar refractivity (Wildman–Crippen MR) is 59.1 cm³/mol. The molecule has 0 saturated heterocycles. The Morgan fingerprint density at radius 3 is 2.63 bits per heavy atom. The minimum atomic E-state index is -5.02. The zero-order chi connectivity index (χ0) is 14.2. The molecule has 6 nitrogen and oxygen atoms in total. The molecular weight excluding hydrogens is 287 g/mol. The number of aromatic nitrogens is 2. The number of nitrogens with zero attached hydrogens (tertiary/aromatic N) is 2. The van der Waals surface area contributed by atoms with Crippen LogP contribution in [0.25, 0.3) is 10.3 Å². The Morgan fingerprint density at radius 1 is 1.37 bits per heavy atom. The molecule has 2 rings (SSSR count). The fourth-order valence-electron chi connectivity index (χ4n) is 1.16. The van der Waals surface area contributed by atoms with Crippen molar-refractivity contribution < 1.29 is 27.9 Å². The van der Waals surface area contributed by atoms with Crippen LogP contribution >= 0.6 is 11.3 Å². The largest absolute Gasteiger partial charge is 0.478 e. The second-order valence-corrected chi connectivity index (χ2v) is 4.35. The van der Waals surface area contributed by atoms with E-state index in [0.29, 0.717) is 11.3 Å². The summed E-state index contributed by atoms with van der Waals surface area (Å²) < 4.78 is 36.4. The van der Waals surface area contributed by atoms with E-state index in [2.05, 4.69) is 9.97 Å². The molecule has 0 aromatic carbocycles. The SMILES string of the molecule is O=C(O)c1cnc2nc(NC(=O)C(F)(F)F)sc2c1. The molecule has 2 N–H and O–H groups in total. The van der Waals surface area contributed by atoms with E-state index in [1.54, 1.807) is 5.32 Å². The van der Waals surface area contributed by atoms with Crippen molar-refractivity contribution in [3.05, 3.63) is 17.8 Å². The van der Waals surface area contributed by atoms with Crippen molar-refractivity contribution in [2.24, 2.45) is 0 Å². The first-order valence-electron chi connectivity index (χ1n) is 4.65. The molecule has 2 heterocycles. The molecule has 0 aliphatic carbocycles. The zero-order valence-corrected chi connectivity index (χ0v) is 9.67. The lowest BCUT2D eigenvalue weighted by Crippen LogP contribution is -2.29. The molecule has 10 heteroatoms. The number of alkyl halides is 3. The Kier molecular flexibility index (Phi) is 3.10. The summed E-state index contributed by atoms with van der Waals surface area (Å²) in [6.07, 6.45) is -3.99. The molecule has 0 unspecified atom stereocenters. The molecule has 2 aromatic heterocycles. The molecule has 1 amide bonds. The lowest BCUT2D eigenvalue weighted by atomic mass is 10.3. The van der Waals surface area contributed by atoms with E-state index in [-0.39, 0.29) is 21.0 Å². The number of hydrogen-bond donors (Lipinski definition) is 2. The number of amides is 1. The minimum Gasteiger partial charge on any atom is -0.478 e. The summed E-state index contributed by atoms with van der Waals surface area (Å²) in [4.78, 5) is 28.7. The van der Waals surface area contributed by atoms with Gasteiger partial charge in [-0.15, -0.1) is 0 Å². The van der Waals surface area contributed by atoms with Gasteiger partial charge in [-0.3, -0.25) is 10.1 Å². The minimum absolute atomic E-state index is 0.0625. The molecule has 0 radical (unpaired) electrons. The van der Waals surface area contributed by atoms with E-state index in [1.165, 1.54) is 6.07 Å². The molecule has 2 aromatic rings. The van der Waals surface area contributed by atoms with E-state index in [1.807, 2.05) is 0 Å². The van der Waals surface area contributed by atoms with Gasteiger partial charge in [0.15, 0.2) is 10.8 Å². The van der Waals surface area contributed by atoms with E-state index in [0.717, 1.165) is 6.20 Å². The first-order chi connectivity index (χ1) is 8.77. The second kappa shape index (κ2) is 4.46. The van der Waals surface area contributed by atoms with Gasteiger partial charge in [0.05, 0.1) is 10.3 Å². The average Bonchev–Trinajstić information content (AvgIpc) is 2.68. The lowest BCUT2D eigenvalue weighted by Gasteiger charge is -2.03. The van der Waals surface area contributed by atoms with Crippen LogP contribution in [-0.2, 0) is 4.79 Å². The van der Waals surface area contributed by atoms with Crippen molar-refractivity contribution in [1.29, 1.82) is 0 Å². The summed E-state index contributed by atoms with van der Waals surface area (Å²) in [5.41, 5.74) is -0.0580. The van der Waals surface area contributed by atoms with Crippen molar-refractivity contribution in [3.8, 4) is 0 Å². The van der Waals surface area contributed by atoms with Gasteiger partial charge in [0.1, 0.15) is 0 Å². The van der Waals surface area contributed by atoms with Gasteiger partial charge in [0, 0.05) is 6.20 Å². The number of hydrogen-bond acceptors (Lipinski definition) is 5. The maximum absolute atomic E-state index is 12.0. The Morgan fingerprint density at radius 2 is 2.05 bits per heavy atom. The smallest absolute Gasteiger partial charge is 0.471 e. The van der Waals surface area contributed by atoms with Crippen LogP contribution in [0.15, 0.2) is 12.3 Å². The third-order valence-electron chi connectivity index (χ3n) is 1.97. The van der Waals surface area contributed by atoms with E-state index in [9.17, 15) is 22.8 Å². The van der Waals surface area contributed by atoms with E-state index >= 15 is 0 Å². The summed E-state index contributed by atoms with van der Waals surface area (Å²) >= 11 is 0.704. The molecule has 0 aliphatic heterocycles. The van der Waals surface area contributed by atoms with Crippen LogP contribution in [0, 0.1) is 0 Å². The highest BCUT2D eigenvalue weighted by Crippen LogP contribution is 2.27. The van der Waals surface area contributed by atoms with Crippen LogP contribution in [0.1, 0.15) is 10.4 Å². The Hall–Kier alpha value is -2.23. The van der Waals surface area contributed by atoms with Crippen molar-refractivity contribution >= 4 is 38.7 Å². The third-order valence-corrected chi connectivity index (χ3v) is 2.88. The van der Waals surface area contributed by atoms with Crippen LogP contribution in [0.4, 0.5) is 18.3 Å². The van der Waals surface area contributed by atoms with Crippen LogP contribution in [0.5, 0.6) is 0 Å². The summed E-state index contributed by atoms with van der Waals surface area (Å²) in [6.45, 7) is 0. The normalized spacial score (nSPS) is 11.5. The number of aromatic carboxylic acids is 1. The van der Waals surface area contributed by atoms with Gasteiger partial charge in [-0.2, -0.15) is 18.2 Å². The van der Waals surface area contributed by atoms with Gasteiger partial charge in [-0.25, -0.2) is 9.78 Å². The van der Waals surface area contributed by atoms with Crippen LogP contribution in [0.3, 0.4) is 0 Å².